The minimum atomic E-state index is -4.58. The molecule has 0 saturated carbocycles. The number of halogens is 3. The molecular formula is C10H9F3N2O3. The molecule has 1 aromatic heterocycles. The van der Waals surface area contributed by atoms with Gasteiger partial charge in [0.1, 0.15) is 11.7 Å². The summed E-state index contributed by atoms with van der Waals surface area (Å²) in [5.41, 5.74) is -1.26. The number of nitrogens with zero attached hydrogens (tertiary/aromatic N) is 1. The zero-order valence-electron chi connectivity index (χ0n) is 9.15. The highest BCUT2D eigenvalue weighted by atomic mass is 19.4. The van der Waals surface area contributed by atoms with Crippen LogP contribution in [0.3, 0.4) is 0 Å². The number of rotatable bonds is 3. The van der Waals surface area contributed by atoms with Gasteiger partial charge in [0.25, 0.3) is 5.91 Å². The average molecular weight is 262 g/mol. The Kier molecular flexibility index (Phi) is 3.89. The van der Waals surface area contributed by atoms with Crippen LogP contribution in [0, 0.1) is 0 Å². The molecule has 1 atom stereocenters. The van der Waals surface area contributed by atoms with E-state index >= 15 is 0 Å². The lowest BCUT2D eigenvalue weighted by molar-refractivity contribution is -0.141. The topological polar surface area (TPSA) is 79.3 Å². The predicted molar refractivity (Wildman–Crippen MR) is 53.8 cm³/mol. The number of aliphatic carboxylic acids is 1. The van der Waals surface area contributed by atoms with Gasteiger partial charge in [0.05, 0.1) is 5.56 Å². The van der Waals surface area contributed by atoms with Crippen LogP contribution in [-0.4, -0.2) is 28.0 Å². The Morgan fingerprint density at radius 2 is 2.00 bits per heavy atom. The van der Waals surface area contributed by atoms with Gasteiger partial charge in [-0.2, -0.15) is 13.2 Å². The summed E-state index contributed by atoms with van der Waals surface area (Å²) >= 11 is 0. The van der Waals surface area contributed by atoms with Crippen LogP contribution in [0.4, 0.5) is 13.2 Å². The van der Waals surface area contributed by atoms with Crippen LogP contribution >= 0.6 is 0 Å². The van der Waals surface area contributed by atoms with Crippen molar-refractivity contribution >= 4 is 11.9 Å². The van der Waals surface area contributed by atoms with Crippen LogP contribution < -0.4 is 5.32 Å². The quantitative estimate of drug-likeness (QED) is 0.860. The first-order valence-electron chi connectivity index (χ1n) is 4.78. The fourth-order valence-corrected chi connectivity index (χ4v) is 1.04. The number of amides is 1. The molecule has 0 unspecified atom stereocenters. The van der Waals surface area contributed by atoms with Gasteiger partial charge in [0.2, 0.25) is 0 Å². The number of nitrogens with one attached hydrogen (secondary N) is 1. The van der Waals surface area contributed by atoms with Crippen molar-refractivity contribution in [1.82, 2.24) is 10.3 Å². The van der Waals surface area contributed by atoms with Gasteiger partial charge in [-0.05, 0) is 19.1 Å². The first-order chi connectivity index (χ1) is 8.21. The maximum absolute atomic E-state index is 12.2. The van der Waals surface area contributed by atoms with Crippen molar-refractivity contribution in [2.24, 2.45) is 0 Å². The van der Waals surface area contributed by atoms with Gasteiger partial charge in [-0.1, -0.05) is 0 Å². The molecule has 0 bridgehead atoms. The lowest BCUT2D eigenvalue weighted by atomic mass is 10.2. The highest BCUT2D eigenvalue weighted by molar-refractivity contribution is 5.96. The van der Waals surface area contributed by atoms with Gasteiger partial charge >= 0.3 is 12.1 Å². The van der Waals surface area contributed by atoms with Crippen LogP contribution in [0.15, 0.2) is 18.3 Å². The third-order valence-electron chi connectivity index (χ3n) is 2.03. The second kappa shape index (κ2) is 5.03. The molecule has 1 rings (SSSR count). The van der Waals surface area contributed by atoms with Crippen molar-refractivity contribution in [3.05, 3.63) is 29.6 Å². The van der Waals surface area contributed by atoms with Crippen molar-refractivity contribution in [3.63, 3.8) is 0 Å². The Labute approximate surface area is 99.6 Å². The van der Waals surface area contributed by atoms with E-state index in [0.717, 1.165) is 12.3 Å². The maximum Gasteiger partial charge on any atom is 0.433 e. The monoisotopic (exact) mass is 262 g/mol. The summed E-state index contributed by atoms with van der Waals surface area (Å²) in [6.07, 6.45) is -3.84. The van der Waals surface area contributed by atoms with E-state index in [0.29, 0.717) is 6.07 Å². The number of carboxylic acids is 1. The van der Waals surface area contributed by atoms with Crippen molar-refractivity contribution < 1.29 is 27.9 Å². The highest BCUT2D eigenvalue weighted by Crippen LogP contribution is 2.27. The summed E-state index contributed by atoms with van der Waals surface area (Å²) < 4.78 is 36.6. The first-order valence-corrected chi connectivity index (χ1v) is 4.78. The molecule has 1 heterocycles. The van der Waals surface area contributed by atoms with E-state index in [9.17, 15) is 22.8 Å². The third kappa shape index (κ3) is 3.44. The third-order valence-corrected chi connectivity index (χ3v) is 2.03. The van der Waals surface area contributed by atoms with Gasteiger partial charge in [-0.15, -0.1) is 0 Å². The van der Waals surface area contributed by atoms with E-state index < -0.39 is 29.8 Å². The number of hydrogen-bond acceptors (Lipinski definition) is 3. The fourth-order valence-electron chi connectivity index (χ4n) is 1.04. The van der Waals surface area contributed by atoms with E-state index in [2.05, 4.69) is 10.3 Å². The maximum atomic E-state index is 12.2. The molecule has 0 aliphatic heterocycles. The summed E-state index contributed by atoms with van der Waals surface area (Å²) in [4.78, 5) is 25.0. The number of alkyl halides is 3. The van der Waals surface area contributed by atoms with Gasteiger partial charge in [0.15, 0.2) is 0 Å². The number of hydrogen-bond donors (Lipinski definition) is 2. The second-order valence-electron chi connectivity index (χ2n) is 3.46. The number of aromatic nitrogens is 1. The molecule has 0 aliphatic carbocycles. The zero-order valence-corrected chi connectivity index (χ0v) is 9.15. The molecule has 0 radical (unpaired) electrons. The first kappa shape index (κ1) is 13.9. The number of carbonyl (C=O) groups excluding carboxylic acids is 1. The van der Waals surface area contributed by atoms with Crippen LogP contribution in [-0.2, 0) is 11.0 Å². The van der Waals surface area contributed by atoms with Crippen LogP contribution in [0.2, 0.25) is 0 Å². The largest absolute Gasteiger partial charge is 0.480 e. The van der Waals surface area contributed by atoms with Crippen molar-refractivity contribution in [1.29, 1.82) is 0 Å². The van der Waals surface area contributed by atoms with E-state index in [1.165, 1.54) is 6.92 Å². The van der Waals surface area contributed by atoms with E-state index in [-0.39, 0.29) is 5.56 Å². The van der Waals surface area contributed by atoms with Crippen LogP contribution in [0.5, 0.6) is 0 Å². The van der Waals surface area contributed by atoms with E-state index in [4.69, 9.17) is 5.11 Å². The average Bonchev–Trinajstić information content (AvgIpc) is 2.27. The van der Waals surface area contributed by atoms with Gasteiger partial charge in [0, 0.05) is 6.20 Å². The number of carboxylic acid groups (broad SMARTS) is 1. The van der Waals surface area contributed by atoms with Crippen LogP contribution in [0.25, 0.3) is 0 Å². The Balaban J connectivity index is 2.80. The minimum absolute atomic E-state index is 0.142. The smallest absolute Gasteiger partial charge is 0.433 e. The summed E-state index contributed by atoms with van der Waals surface area (Å²) in [5, 5.41) is 10.6. The molecule has 8 heteroatoms. The summed E-state index contributed by atoms with van der Waals surface area (Å²) in [6, 6.07) is 0.444. The summed E-state index contributed by atoms with van der Waals surface area (Å²) in [7, 11) is 0. The van der Waals surface area contributed by atoms with Crippen molar-refractivity contribution in [2.45, 2.75) is 19.1 Å². The Bertz CT molecular complexity index is 456. The minimum Gasteiger partial charge on any atom is -0.480 e. The van der Waals surface area contributed by atoms with E-state index in [1.807, 2.05) is 0 Å². The molecule has 1 amide bonds. The molecular weight excluding hydrogens is 253 g/mol. The van der Waals surface area contributed by atoms with Gasteiger partial charge < -0.3 is 10.4 Å². The molecule has 0 aromatic carbocycles. The SMILES string of the molecule is C[C@@H](NC(=O)c1ccc(C(F)(F)F)nc1)C(=O)O. The van der Waals surface area contributed by atoms with Crippen molar-refractivity contribution in [2.75, 3.05) is 0 Å². The molecule has 0 saturated heterocycles. The molecule has 0 fully saturated rings. The number of pyridine rings is 1. The molecule has 18 heavy (non-hydrogen) atoms. The summed E-state index contributed by atoms with van der Waals surface area (Å²) in [5.74, 6) is -2.05. The molecule has 98 valence electrons. The normalized spacial score (nSPS) is 12.9. The highest BCUT2D eigenvalue weighted by Gasteiger charge is 2.32. The molecule has 0 spiro atoms. The predicted octanol–water partition coefficient (Wildman–Crippen LogP) is 1.30. The second-order valence-corrected chi connectivity index (χ2v) is 3.46. The lowest BCUT2D eigenvalue weighted by Gasteiger charge is -2.10. The Morgan fingerprint density at radius 1 is 1.39 bits per heavy atom. The summed E-state index contributed by atoms with van der Waals surface area (Å²) in [6.45, 7) is 1.23. The Morgan fingerprint density at radius 3 is 2.39 bits per heavy atom. The Hall–Kier alpha value is -2.12. The molecule has 1 aromatic rings. The molecule has 5 nitrogen and oxygen atoms in total. The van der Waals surface area contributed by atoms with Crippen molar-refractivity contribution in [3.8, 4) is 0 Å². The molecule has 0 aliphatic rings. The van der Waals surface area contributed by atoms with Gasteiger partial charge in [-0.25, -0.2) is 0 Å². The number of carbonyl (C=O) groups is 2. The molecule has 2 N–H and O–H groups in total. The fraction of sp³-hybridized carbons (Fsp3) is 0.300. The van der Waals surface area contributed by atoms with Gasteiger partial charge in [-0.3, -0.25) is 14.6 Å². The van der Waals surface area contributed by atoms with E-state index in [1.54, 1.807) is 0 Å². The van der Waals surface area contributed by atoms with Crippen LogP contribution in [0.1, 0.15) is 23.0 Å². The standard InChI is InChI=1S/C10H9F3N2O3/c1-5(9(17)18)15-8(16)6-2-3-7(14-4-6)10(11,12)13/h2-5H,1H3,(H,15,16)(H,17,18)/t5-/m1/s1. The lowest BCUT2D eigenvalue weighted by Crippen LogP contribution is -2.38. The zero-order chi connectivity index (χ0) is 13.9.